The lowest BCUT2D eigenvalue weighted by molar-refractivity contribution is -0.387. The van der Waals surface area contributed by atoms with E-state index in [0.717, 1.165) is 0 Å². The Balaban J connectivity index is 2.38. The zero-order valence-corrected chi connectivity index (χ0v) is 15.6. The average molecular weight is 436 g/mol. The monoisotopic (exact) mass is 435 g/mol. The molecule has 1 aromatic carbocycles. The van der Waals surface area contributed by atoms with E-state index in [0.29, 0.717) is 28.1 Å². The van der Waals surface area contributed by atoms with Crippen molar-refractivity contribution in [3.8, 4) is 29.7 Å². The number of ether oxygens (including phenoxy) is 2. The zero-order chi connectivity index (χ0) is 20.0. The van der Waals surface area contributed by atoms with Gasteiger partial charge in [0.25, 0.3) is 5.88 Å². The van der Waals surface area contributed by atoms with Gasteiger partial charge in [-0.2, -0.15) is 4.98 Å². The van der Waals surface area contributed by atoms with Crippen molar-refractivity contribution in [3.63, 3.8) is 0 Å². The summed E-state index contributed by atoms with van der Waals surface area (Å²) >= 11 is 3.38. The fraction of sp³-hybridized carbons (Fsp3) is 0.176. The van der Waals surface area contributed by atoms with Gasteiger partial charge in [-0.05, 0) is 46.6 Å². The maximum atomic E-state index is 11.7. The molecule has 140 valence electrons. The van der Waals surface area contributed by atoms with E-state index in [9.17, 15) is 20.0 Å². The second kappa shape index (κ2) is 8.86. The van der Waals surface area contributed by atoms with Gasteiger partial charge in [0.1, 0.15) is 12.4 Å². The minimum atomic E-state index is -1.05. The minimum absolute atomic E-state index is 0.0511. The van der Waals surface area contributed by atoms with Gasteiger partial charge in [-0.25, -0.2) is 0 Å². The molecule has 0 unspecified atom stereocenters. The number of hydrogen-bond acceptors (Lipinski definition) is 7. The van der Waals surface area contributed by atoms with Crippen molar-refractivity contribution >= 4 is 33.8 Å². The molecule has 0 amide bonds. The third-order valence-electron chi connectivity index (χ3n) is 3.14. The van der Waals surface area contributed by atoms with E-state index in [4.69, 9.17) is 15.9 Å². The Labute approximate surface area is 161 Å². The highest BCUT2D eigenvalue weighted by atomic mass is 79.9. The second-order valence-corrected chi connectivity index (χ2v) is 5.82. The van der Waals surface area contributed by atoms with E-state index in [-0.39, 0.29) is 12.4 Å². The van der Waals surface area contributed by atoms with Crippen LogP contribution >= 0.6 is 15.9 Å². The average Bonchev–Trinajstić information content (AvgIpc) is 2.58. The lowest BCUT2D eigenvalue weighted by Crippen LogP contribution is -2.14. The molecule has 0 saturated carbocycles. The summed E-state index contributed by atoms with van der Waals surface area (Å²) in [4.78, 5) is 27.2. The Kier molecular flexibility index (Phi) is 6.56. The van der Waals surface area contributed by atoms with Gasteiger partial charge in [0.15, 0.2) is 11.5 Å². The van der Waals surface area contributed by atoms with Crippen molar-refractivity contribution in [2.24, 2.45) is 0 Å². The lowest BCUT2D eigenvalue weighted by Gasteiger charge is -2.13. The number of aromatic amines is 1. The summed E-state index contributed by atoms with van der Waals surface area (Å²) in [5.41, 5.74) is -1.41. The Bertz CT molecular complexity index is 993. The van der Waals surface area contributed by atoms with Crippen LogP contribution < -0.4 is 15.0 Å². The van der Waals surface area contributed by atoms with Gasteiger partial charge >= 0.3 is 11.2 Å². The van der Waals surface area contributed by atoms with Crippen LogP contribution in [0, 0.1) is 22.5 Å². The van der Waals surface area contributed by atoms with Gasteiger partial charge < -0.3 is 19.6 Å². The van der Waals surface area contributed by atoms with Gasteiger partial charge in [0, 0.05) is 0 Å². The molecule has 10 heteroatoms. The maximum absolute atomic E-state index is 11.7. The van der Waals surface area contributed by atoms with Gasteiger partial charge in [-0.3, -0.25) is 14.9 Å². The summed E-state index contributed by atoms with van der Waals surface area (Å²) in [6.45, 7) is 2.29. The largest absolute Gasteiger partial charge is 0.490 e. The summed E-state index contributed by atoms with van der Waals surface area (Å²) in [6, 6.07) is 3.40. The highest BCUT2D eigenvalue weighted by Crippen LogP contribution is 2.37. The number of terminal acetylenes is 1. The minimum Gasteiger partial charge on any atom is -0.490 e. The molecule has 0 saturated heterocycles. The smallest absolute Gasteiger partial charge is 0.395 e. The van der Waals surface area contributed by atoms with Crippen LogP contribution in [0.5, 0.6) is 17.4 Å². The summed E-state index contributed by atoms with van der Waals surface area (Å²) < 4.78 is 11.6. The maximum Gasteiger partial charge on any atom is 0.395 e. The van der Waals surface area contributed by atoms with E-state index >= 15 is 0 Å². The standard InChI is InChI=1S/C17H14BrN3O6/c1-3-7-27-15-11(18)8-10(9-12(15)26-4-2)5-6-13-19-16(22)14(21(24)25)17(23)20-13/h1,5-6,8-9H,4,7H2,2H3,(H2,19,20,22,23). The molecule has 0 spiro atoms. The molecule has 2 aromatic rings. The van der Waals surface area contributed by atoms with E-state index in [2.05, 4.69) is 31.8 Å². The molecule has 9 nitrogen and oxygen atoms in total. The molecule has 27 heavy (non-hydrogen) atoms. The molecule has 0 bridgehead atoms. The number of aromatic nitrogens is 2. The number of benzene rings is 1. The van der Waals surface area contributed by atoms with Crippen LogP contribution in [0.15, 0.2) is 21.4 Å². The zero-order valence-electron chi connectivity index (χ0n) is 14.1. The Morgan fingerprint density at radius 1 is 1.44 bits per heavy atom. The predicted octanol–water partition coefficient (Wildman–Crippen LogP) is 2.73. The number of H-pyrrole nitrogens is 1. The molecule has 1 heterocycles. The van der Waals surface area contributed by atoms with E-state index < -0.39 is 22.0 Å². The third kappa shape index (κ3) is 4.86. The fourth-order valence-electron chi connectivity index (χ4n) is 2.09. The molecule has 0 aliphatic heterocycles. The van der Waals surface area contributed by atoms with Crippen molar-refractivity contribution in [1.29, 1.82) is 0 Å². The first-order chi connectivity index (χ1) is 12.9. The molecule has 2 N–H and O–H groups in total. The summed E-state index contributed by atoms with van der Waals surface area (Å²) in [5, 5.41) is 20.3. The molecule has 0 atom stereocenters. The second-order valence-electron chi connectivity index (χ2n) is 4.97. The first-order valence-corrected chi connectivity index (χ1v) is 8.35. The van der Waals surface area contributed by atoms with Crippen LogP contribution in [0.25, 0.3) is 12.2 Å². The highest BCUT2D eigenvalue weighted by molar-refractivity contribution is 9.10. The molecule has 0 radical (unpaired) electrons. The lowest BCUT2D eigenvalue weighted by atomic mass is 10.2. The molecule has 0 aliphatic rings. The van der Waals surface area contributed by atoms with E-state index in [1.54, 1.807) is 18.2 Å². The van der Waals surface area contributed by atoms with Crippen LogP contribution in [0.2, 0.25) is 0 Å². The van der Waals surface area contributed by atoms with Gasteiger partial charge in [-0.15, -0.1) is 6.42 Å². The predicted molar refractivity (Wildman–Crippen MR) is 102 cm³/mol. The summed E-state index contributed by atoms with van der Waals surface area (Å²) in [6.07, 6.45) is 8.16. The Morgan fingerprint density at radius 3 is 2.78 bits per heavy atom. The number of nitro groups is 1. The van der Waals surface area contributed by atoms with Crippen molar-refractivity contribution in [3.05, 3.63) is 48.5 Å². The van der Waals surface area contributed by atoms with Crippen molar-refractivity contribution in [2.75, 3.05) is 13.2 Å². The van der Waals surface area contributed by atoms with Crippen LogP contribution in [0.3, 0.4) is 0 Å². The highest BCUT2D eigenvalue weighted by Gasteiger charge is 2.21. The Hall–Kier alpha value is -3.32. The van der Waals surface area contributed by atoms with E-state index in [1.165, 1.54) is 6.08 Å². The molecular formula is C17H14BrN3O6. The number of rotatable bonds is 7. The molecular weight excluding hydrogens is 422 g/mol. The number of nitrogens with zero attached hydrogens (tertiary/aromatic N) is 2. The molecule has 0 fully saturated rings. The number of aromatic hydroxyl groups is 1. The van der Waals surface area contributed by atoms with Gasteiger partial charge in [0.2, 0.25) is 0 Å². The molecule has 0 aliphatic carbocycles. The number of nitrogens with one attached hydrogen (secondary N) is 1. The van der Waals surface area contributed by atoms with Crippen molar-refractivity contribution < 1.29 is 19.5 Å². The topological polar surface area (TPSA) is 128 Å². The third-order valence-corrected chi connectivity index (χ3v) is 3.73. The summed E-state index contributed by atoms with van der Waals surface area (Å²) in [7, 11) is 0. The van der Waals surface area contributed by atoms with Crippen LogP contribution in [-0.2, 0) is 0 Å². The van der Waals surface area contributed by atoms with Gasteiger partial charge in [-0.1, -0.05) is 12.0 Å². The van der Waals surface area contributed by atoms with Gasteiger partial charge in [0.05, 0.1) is 16.0 Å². The Morgan fingerprint density at radius 2 is 2.19 bits per heavy atom. The first-order valence-electron chi connectivity index (χ1n) is 7.55. The summed E-state index contributed by atoms with van der Waals surface area (Å²) in [5.74, 6) is 2.26. The number of hydrogen-bond donors (Lipinski definition) is 2. The SMILES string of the molecule is C#CCOc1c(Br)cc(C=Cc2nc(O)c([N+](=O)[O-])c(=O)[nH]2)cc1OCC. The quantitative estimate of drug-likeness (QED) is 0.388. The molecule has 1 aromatic heterocycles. The number of halogens is 1. The van der Waals surface area contributed by atoms with Crippen LogP contribution in [-0.4, -0.2) is 33.2 Å². The normalized spacial score (nSPS) is 10.6. The van der Waals surface area contributed by atoms with E-state index in [1.807, 2.05) is 6.92 Å². The van der Waals surface area contributed by atoms with Crippen LogP contribution in [0.4, 0.5) is 5.69 Å². The molecule has 2 rings (SSSR count). The fourth-order valence-corrected chi connectivity index (χ4v) is 2.67. The first kappa shape index (κ1) is 20.0. The van der Waals surface area contributed by atoms with Crippen molar-refractivity contribution in [2.45, 2.75) is 6.92 Å². The van der Waals surface area contributed by atoms with Crippen molar-refractivity contribution in [1.82, 2.24) is 9.97 Å². The van der Waals surface area contributed by atoms with Crippen LogP contribution in [0.1, 0.15) is 18.3 Å².